The summed E-state index contributed by atoms with van der Waals surface area (Å²) in [5, 5.41) is 4.92. The Balaban J connectivity index is 2.21. The molecule has 1 aromatic heterocycles. The van der Waals surface area contributed by atoms with Gasteiger partial charge in [-0.3, -0.25) is 9.78 Å². The lowest BCUT2D eigenvalue weighted by Crippen LogP contribution is -2.13. The molecule has 17 heavy (non-hydrogen) atoms. The molecule has 0 atom stereocenters. The van der Waals surface area contributed by atoms with E-state index in [2.05, 4.69) is 10.3 Å². The largest absolute Gasteiger partial charge is 0.330 e. The van der Waals surface area contributed by atoms with E-state index in [9.17, 15) is 4.79 Å². The molecule has 2 aromatic rings. The number of hydrogen-bond acceptors (Lipinski definition) is 3. The molecule has 0 aliphatic rings. The molecule has 1 heterocycles. The molecule has 0 bridgehead atoms. The Bertz CT molecular complexity index is 520. The van der Waals surface area contributed by atoms with Gasteiger partial charge in [0.05, 0.1) is 0 Å². The molecule has 0 spiro atoms. The van der Waals surface area contributed by atoms with Gasteiger partial charge < -0.3 is 11.1 Å². The summed E-state index contributed by atoms with van der Waals surface area (Å²) in [6.07, 6.45) is 4.67. The van der Waals surface area contributed by atoms with E-state index >= 15 is 0 Å². The molecule has 1 aromatic carbocycles. The van der Waals surface area contributed by atoms with Gasteiger partial charge in [0, 0.05) is 35.3 Å². The lowest BCUT2D eigenvalue weighted by atomic mass is 10.1. The van der Waals surface area contributed by atoms with Crippen molar-refractivity contribution in [1.29, 1.82) is 0 Å². The molecule has 0 fully saturated rings. The standard InChI is InChI=1S/C13H15N3O/c14-7-2-5-13(17)16-12-4-1-3-10-9-15-8-6-11(10)12/h1,3-4,6,8-9H,2,5,7,14H2,(H,16,17). The molecule has 1 amide bonds. The Hall–Kier alpha value is -1.94. The van der Waals surface area contributed by atoms with Gasteiger partial charge in [0.1, 0.15) is 0 Å². The second-order valence-corrected chi connectivity index (χ2v) is 3.84. The highest BCUT2D eigenvalue weighted by Crippen LogP contribution is 2.22. The average Bonchev–Trinajstić information content (AvgIpc) is 2.37. The predicted octanol–water partition coefficient (Wildman–Crippen LogP) is 1.91. The van der Waals surface area contributed by atoms with Crippen LogP contribution in [0.5, 0.6) is 0 Å². The van der Waals surface area contributed by atoms with Crippen molar-refractivity contribution in [1.82, 2.24) is 4.98 Å². The Kier molecular flexibility index (Phi) is 3.67. The number of carbonyl (C=O) groups excluding carboxylic acids is 1. The lowest BCUT2D eigenvalue weighted by Gasteiger charge is -2.07. The number of hydrogen-bond donors (Lipinski definition) is 2. The van der Waals surface area contributed by atoms with E-state index in [1.165, 1.54) is 0 Å². The van der Waals surface area contributed by atoms with Crippen molar-refractivity contribution in [2.45, 2.75) is 12.8 Å². The first kappa shape index (κ1) is 11.5. The number of carbonyl (C=O) groups is 1. The Morgan fingerprint density at radius 3 is 3.06 bits per heavy atom. The van der Waals surface area contributed by atoms with Crippen LogP contribution in [0.15, 0.2) is 36.7 Å². The molecule has 0 unspecified atom stereocenters. The summed E-state index contributed by atoms with van der Waals surface area (Å²) in [5.74, 6) is -0.000220. The van der Waals surface area contributed by atoms with Crippen LogP contribution >= 0.6 is 0 Å². The summed E-state index contributed by atoms with van der Waals surface area (Å²) < 4.78 is 0. The number of fused-ring (bicyclic) bond motifs is 1. The first-order chi connectivity index (χ1) is 8.31. The van der Waals surface area contributed by atoms with Crippen molar-refractivity contribution in [3.63, 3.8) is 0 Å². The van der Waals surface area contributed by atoms with E-state index < -0.39 is 0 Å². The molecular weight excluding hydrogens is 214 g/mol. The fraction of sp³-hybridized carbons (Fsp3) is 0.231. The smallest absolute Gasteiger partial charge is 0.224 e. The molecule has 3 N–H and O–H groups in total. The highest BCUT2D eigenvalue weighted by Gasteiger charge is 2.04. The minimum Gasteiger partial charge on any atom is -0.330 e. The van der Waals surface area contributed by atoms with Crippen LogP contribution in [-0.2, 0) is 4.79 Å². The maximum atomic E-state index is 11.6. The number of pyridine rings is 1. The molecule has 4 heteroatoms. The SMILES string of the molecule is NCCCC(=O)Nc1cccc2cnccc12. The van der Waals surface area contributed by atoms with E-state index in [0.29, 0.717) is 19.4 Å². The van der Waals surface area contributed by atoms with E-state index in [1.807, 2.05) is 24.3 Å². The van der Waals surface area contributed by atoms with Crippen LogP contribution in [0.25, 0.3) is 10.8 Å². The zero-order valence-corrected chi connectivity index (χ0v) is 9.52. The third-order valence-electron chi connectivity index (χ3n) is 2.56. The maximum Gasteiger partial charge on any atom is 0.224 e. The summed E-state index contributed by atoms with van der Waals surface area (Å²) >= 11 is 0. The Labute approximate surface area is 99.8 Å². The molecule has 0 radical (unpaired) electrons. The van der Waals surface area contributed by atoms with Gasteiger partial charge in [0.2, 0.25) is 5.91 Å². The molecule has 0 saturated carbocycles. The van der Waals surface area contributed by atoms with Gasteiger partial charge in [-0.2, -0.15) is 0 Å². The molecule has 4 nitrogen and oxygen atoms in total. The molecule has 0 aliphatic heterocycles. The molecule has 88 valence electrons. The molecular formula is C13H15N3O. The third kappa shape index (κ3) is 2.79. The minimum atomic E-state index is -0.000220. The predicted molar refractivity (Wildman–Crippen MR) is 68.7 cm³/mol. The van der Waals surface area contributed by atoms with Crippen LogP contribution < -0.4 is 11.1 Å². The summed E-state index contributed by atoms with van der Waals surface area (Å²) in [7, 11) is 0. The van der Waals surface area contributed by atoms with Crippen LogP contribution in [0.4, 0.5) is 5.69 Å². The number of amides is 1. The van der Waals surface area contributed by atoms with E-state index in [1.54, 1.807) is 12.4 Å². The van der Waals surface area contributed by atoms with Crippen molar-refractivity contribution in [3.8, 4) is 0 Å². The zero-order chi connectivity index (χ0) is 12.1. The van der Waals surface area contributed by atoms with Gasteiger partial charge >= 0.3 is 0 Å². The number of rotatable bonds is 4. The fourth-order valence-electron chi connectivity index (χ4n) is 1.71. The second kappa shape index (κ2) is 5.41. The highest BCUT2D eigenvalue weighted by molar-refractivity contribution is 6.01. The van der Waals surface area contributed by atoms with E-state index in [4.69, 9.17) is 5.73 Å². The summed E-state index contributed by atoms with van der Waals surface area (Å²) in [5.41, 5.74) is 6.20. The Morgan fingerprint density at radius 1 is 1.35 bits per heavy atom. The highest BCUT2D eigenvalue weighted by atomic mass is 16.1. The average molecular weight is 229 g/mol. The van der Waals surface area contributed by atoms with Gasteiger partial charge in [-0.05, 0) is 25.1 Å². The van der Waals surface area contributed by atoms with E-state index in [0.717, 1.165) is 16.5 Å². The monoisotopic (exact) mass is 229 g/mol. The fourth-order valence-corrected chi connectivity index (χ4v) is 1.71. The third-order valence-corrected chi connectivity index (χ3v) is 2.56. The lowest BCUT2D eigenvalue weighted by molar-refractivity contribution is -0.116. The first-order valence-electron chi connectivity index (χ1n) is 5.64. The van der Waals surface area contributed by atoms with Crippen molar-refractivity contribution in [2.75, 3.05) is 11.9 Å². The quantitative estimate of drug-likeness (QED) is 0.841. The van der Waals surface area contributed by atoms with Crippen molar-refractivity contribution < 1.29 is 4.79 Å². The summed E-state index contributed by atoms with van der Waals surface area (Å²) in [4.78, 5) is 15.7. The topological polar surface area (TPSA) is 68.0 Å². The summed E-state index contributed by atoms with van der Waals surface area (Å²) in [6, 6.07) is 7.66. The number of anilines is 1. The second-order valence-electron chi connectivity index (χ2n) is 3.84. The summed E-state index contributed by atoms with van der Waals surface area (Å²) in [6.45, 7) is 0.535. The van der Waals surface area contributed by atoms with Crippen molar-refractivity contribution >= 4 is 22.4 Å². The first-order valence-corrected chi connectivity index (χ1v) is 5.64. The van der Waals surface area contributed by atoms with Crippen LogP contribution in [0.1, 0.15) is 12.8 Å². The molecule has 2 rings (SSSR count). The Morgan fingerprint density at radius 2 is 2.24 bits per heavy atom. The molecule has 0 aliphatic carbocycles. The maximum absolute atomic E-state index is 11.6. The van der Waals surface area contributed by atoms with Crippen LogP contribution in [-0.4, -0.2) is 17.4 Å². The number of aromatic nitrogens is 1. The van der Waals surface area contributed by atoms with Gasteiger partial charge in [0.25, 0.3) is 0 Å². The van der Waals surface area contributed by atoms with Gasteiger partial charge in [-0.1, -0.05) is 12.1 Å². The van der Waals surface area contributed by atoms with Gasteiger partial charge in [-0.25, -0.2) is 0 Å². The minimum absolute atomic E-state index is 0.000220. The zero-order valence-electron chi connectivity index (χ0n) is 9.52. The van der Waals surface area contributed by atoms with Crippen LogP contribution in [0.2, 0.25) is 0 Å². The number of nitrogens with zero attached hydrogens (tertiary/aromatic N) is 1. The normalized spacial score (nSPS) is 10.4. The van der Waals surface area contributed by atoms with Crippen molar-refractivity contribution in [3.05, 3.63) is 36.7 Å². The van der Waals surface area contributed by atoms with Gasteiger partial charge in [-0.15, -0.1) is 0 Å². The van der Waals surface area contributed by atoms with Crippen molar-refractivity contribution in [2.24, 2.45) is 5.73 Å². The number of benzene rings is 1. The number of nitrogens with two attached hydrogens (primary N) is 1. The van der Waals surface area contributed by atoms with E-state index in [-0.39, 0.29) is 5.91 Å². The molecule has 0 saturated heterocycles. The number of nitrogens with one attached hydrogen (secondary N) is 1. The van der Waals surface area contributed by atoms with Crippen LogP contribution in [0.3, 0.4) is 0 Å². The van der Waals surface area contributed by atoms with Crippen LogP contribution in [0, 0.1) is 0 Å². The van der Waals surface area contributed by atoms with Gasteiger partial charge in [0.15, 0.2) is 0 Å².